The Hall–Kier alpha value is -0.900. The zero-order valence-corrected chi connectivity index (χ0v) is 6.13. The molecule has 0 aromatic heterocycles. The van der Waals surface area contributed by atoms with Crippen LogP contribution < -0.4 is 11.5 Å². The summed E-state index contributed by atoms with van der Waals surface area (Å²) in [5.41, 5.74) is 11.6. The van der Waals surface area contributed by atoms with Crippen LogP contribution in [0.3, 0.4) is 0 Å². The first-order valence-corrected chi connectivity index (χ1v) is 3.25. The predicted octanol–water partition coefficient (Wildman–Crippen LogP) is -0.965. The van der Waals surface area contributed by atoms with E-state index in [0.717, 1.165) is 6.54 Å². The van der Waals surface area contributed by atoms with Gasteiger partial charge in [-0.3, -0.25) is 4.90 Å². The van der Waals surface area contributed by atoms with Crippen LogP contribution in [0, 0.1) is 0 Å². The van der Waals surface area contributed by atoms with Crippen molar-refractivity contribution in [3.8, 4) is 0 Å². The van der Waals surface area contributed by atoms with Crippen molar-refractivity contribution < 1.29 is 4.74 Å². The zero-order valence-electron chi connectivity index (χ0n) is 6.13. The lowest BCUT2D eigenvalue weighted by atomic mass is 10.4. The van der Waals surface area contributed by atoms with Crippen LogP contribution in [0.2, 0.25) is 0 Å². The molecular formula is C6H13N3O. The van der Waals surface area contributed by atoms with Crippen LogP contribution in [0.1, 0.15) is 0 Å². The molecule has 4 heteroatoms. The minimum absolute atomic E-state index is 0.379. The number of nitrogens with zero attached hydrogens (tertiary/aromatic N) is 1. The van der Waals surface area contributed by atoms with E-state index in [0.29, 0.717) is 24.7 Å². The fourth-order valence-electron chi connectivity index (χ4n) is 0.852. The van der Waals surface area contributed by atoms with Crippen molar-refractivity contribution in [1.29, 1.82) is 0 Å². The molecule has 0 unspecified atom stereocenters. The lowest BCUT2D eigenvalue weighted by Crippen LogP contribution is -2.25. The molecular weight excluding hydrogens is 130 g/mol. The van der Waals surface area contributed by atoms with Gasteiger partial charge in [-0.15, -0.1) is 0 Å². The van der Waals surface area contributed by atoms with Gasteiger partial charge in [0.25, 0.3) is 0 Å². The molecule has 1 aliphatic rings. The predicted molar refractivity (Wildman–Crippen MR) is 38.8 cm³/mol. The molecule has 0 saturated heterocycles. The molecule has 10 heavy (non-hydrogen) atoms. The lowest BCUT2D eigenvalue weighted by molar-refractivity contribution is 0.191. The van der Waals surface area contributed by atoms with Crippen molar-refractivity contribution in [3.05, 3.63) is 11.6 Å². The van der Waals surface area contributed by atoms with Gasteiger partial charge >= 0.3 is 0 Å². The van der Waals surface area contributed by atoms with E-state index < -0.39 is 0 Å². The molecule has 0 bridgehead atoms. The van der Waals surface area contributed by atoms with Crippen molar-refractivity contribution >= 4 is 0 Å². The van der Waals surface area contributed by atoms with Crippen molar-refractivity contribution in [2.45, 2.75) is 0 Å². The Bertz CT molecular complexity index is 155. The van der Waals surface area contributed by atoms with Crippen LogP contribution in [0.5, 0.6) is 0 Å². The topological polar surface area (TPSA) is 64.5 Å². The largest absolute Gasteiger partial charge is 0.477 e. The fourth-order valence-corrected chi connectivity index (χ4v) is 0.852. The van der Waals surface area contributed by atoms with Gasteiger partial charge in [-0.1, -0.05) is 0 Å². The summed E-state index contributed by atoms with van der Waals surface area (Å²) in [5, 5.41) is 0. The molecule has 0 radical (unpaired) electrons. The van der Waals surface area contributed by atoms with Gasteiger partial charge in [0.2, 0.25) is 5.88 Å². The standard InChI is InChI=1S/C6H13N3O/c1-9-2-3-10-6(8)5(7)4-9/h2-4,7-8H2,1H3. The Balaban J connectivity index is 2.61. The first-order chi connectivity index (χ1) is 4.70. The van der Waals surface area contributed by atoms with Crippen molar-refractivity contribution in [1.82, 2.24) is 4.90 Å². The lowest BCUT2D eigenvalue weighted by Gasteiger charge is -2.10. The van der Waals surface area contributed by atoms with E-state index >= 15 is 0 Å². The molecule has 4 N–H and O–H groups in total. The second-order valence-corrected chi connectivity index (χ2v) is 2.48. The average molecular weight is 143 g/mol. The maximum atomic E-state index is 5.56. The monoisotopic (exact) mass is 143 g/mol. The van der Waals surface area contributed by atoms with Crippen LogP contribution in [-0.2, 0) is 4.74 Å². The van der Waals surface area contributed by atoms with Gasteiger partial charge in [-0.05, 0) is 7.05 Å². The molecule has 1 aliphatic heterocycles. The van der Waals surface area contributed by atoms with Crippen molar-refractivity contribution in [2.75, 3.05) is 26.7 Å². The number of hydrogen-bond acceptors (Lipinski definition) is 4. The van der Waals surface area contributed by atoms with Crippen LogP contribution in [-0.4, -0.2) is 31.6 Å². The summed E-state index contributed by atoms with van der Waals surface area (Å²) >= 11 is 0. The van der Waals surface area contributed by atoms with Gasteiger partial charge in [0.1, 0.15) is 6.61 Å². The maximum absolute atomic E-state index is 5.56. The van der Waals surface area contributed by atoms with E-state index in [4.69, 9.17) is 16.2 Å². The second kappa shape index (κ2) is 2.79. The quantitative estimate of drug-likeness (QED) is 0.458. The highest BCUT2D eigenvalue weighted by Crippen LogP contribution is 2.01. The fraction of sp³-hybridized carbons (Fsp3) is 0.667. The van der Waals surface area contributed by atoms with Gasteiger partial charge < -0.3 is 16.2 Å². The van der Waals surface area contributed by atoms with E-state index in [1.54, 1.807) is 0 Å². The maximum Gasteiger partial charge on any atom is 0.204 e. The Morgan fingerprint density at radius 3 is 2.90 bits per heavy atom. The van der Waals surface area contributed by atoms with Crippen molar-refractivity contribution in [3.63, 3.8) is 0 Å². The van der Waals surface area contributed by atoms with Crippen molar-refractivity contribution in [2.24, 2.45) is 11.5 Å². The highest BCUT2D eigenvalue weighted by Gasteiger charge is 2.09. The van der Waals surface area contributed by atoms with Crippen LogP contribution in [0.15, 0.2) is 11.6 Å². The third kappa shape index (κ3) is 1.54. The Morgan fingerprint density at radius 1 is 1.50 bits per heavy atom. The summed E-state index contributed by atoms with van der Waals surface area (Å²) in [4.78, 5) is 2.06. The molecule has 0 aromatic rings. The Labute approximate surface area is 60.4 Å². The van der Waals surface area contributed by atoms with E-state index in [2.05, 4.69) is 4.90 Å². The number of ether oxygens (including phenoxy) is 1. The SMILES string of the molecule is CN1CCOC(N)=C(N)C1. The molecule has 0 saturated carbocycles. The summed E-state index contributed by atoms with van der Waals surface area (Å²) in [6, 6.07) is 0. The number of hydrogen-bond donors (Lipinski definition) is 2. The van der Waals surface area contributed by atoms with Gasteiger partial charge in [0, 0.05) is 13.1 Å². The third-order valence-corrected chi connectivity index (χ3v) is 1.49. The Morgan fingerprint density at radius 2 is 2.20 bits per heavy atom. The number of nitrogens with two attached hydrogens (primary N) is 2. The summed E-state index contributed by atoms with van der Waals surface area (Å²) < 4.78 is 5.08. The molecule has 0 fully saturated rings. The molecule has 0 amide bonds. The zero-order chi connectivity index (χ0) is 7.56. The number of rotatable bonds is 0. The average Bonchev–Trinajstić information content (AvgIpc) is 1.96. The molecule has 4 nitrogen and oxygen atoms in total. The second-order valence-electron chi connectivity index (χ2n) is 2.48. The van der Waals surface area contributed by atoms with Gasteiger partial charge in [0.15, 0.2) is 0 Å². The van der Waals surface area contributed by atoms with Gasteiger partial charge in [-0.25, -0.2) is 0 Å². The van der Waals surface area contributed by atoms with Gasteiger partial charge in [-0.2, -0.15) is 0 Å². The van der Waals surface area contributed by atoms with Crippen LogP contribution in [0.4, 0.5) is 0 Å². The third-order valence-electron chi connectivity index (χ3n) is 1.49. The molecule has 0 atom stereocenters. The van der Waals surface area contributed by atoms with E-state index in [1.807, 2.05) is 7.05 Å². The normalized spacial score (nSPS) is 22.1. The summed E-state index contributed by atoms with van der Waals surface area (Å²) in [5.74, 6) is 0.379. The van der Waals surface area contributed by atoms with Gasteiger partial charge in [0.05, 0.1) is 5.70 Å². The summed E-state index contributed by atoms with van der Waals surface area (Å²) in [7, 11) is 1.98. The van der Waals surface area contributed by atoms with E-state index in [-0.39, 0.29) is 0 Å². The Kier molecular flexibility index (Phi) is 2.01. The molecule has 0 aliphatic carbocycles. The highest BCUT2D eigenvalue weighted by molar-refractivity contribution is 5.04. The summed E-state index contributed by atoms with van der Waals surface area (Å²) in [6.45, 7) is 2.20. The summed E-state index contributed by atoms with van der Waals surface area (Å²) in [6.07, 6.45) is 0. The minimum atomic E-state index is 0.379. The van der Waals surface area contributed by atoms with E-state index in [9.17, 15) is 0 Å². The molecule has 0 spiro atoms. The highest BCUT2D eigenvalue weighted by atomic mass is 16.5. The number of likely N-dealkylation sites (N-methyl/N-ethyl adjacent to an activating group) is 1. The van der Waals surface area contributed by atoms with Crippen LogP contribution >= 0.6 is 0 Å². The molecule has 58 valence electrons. The van der Waals surface area contributed by atoms with E-state index in [1.165, 1.54) is 0 Å². The first kappa shape index (κ1) is 7.21. The minimum Gasteiger partial charge on any atom is -0.477 e. The first-order valence-electron chi connectivity index (χ1n) is 3.25. The van der Waals surface area contributed by atoms with Crippen LogP contribution in [0.25, 0.3) is 0 Å². The molecule has 1 heterocycles. The molecule has 1 rings (SSSR count). The molecule has 0 aromatic carbocycles. The smallest absolute Gasteiger partial charge is 0.204 e.